The molecule has 1 saturated carbocycles. The van der Waals surface area contributed by atoms with Gasteiger partial charge in [-0.2, -0.15) is 0 Å². The van der Waals surface area contributed by atoms with Gasteiger partial charge in [0.25, 0.3) is 0 Å². The molecule has 1 aliphatic carbocycles. The Bertz CT molecular complexity index is 811. The molecular formula is C27H36O2. The summed E-state index contributed by atoms with van der Waals surface area (Å²) in [4.78, 5) is 11.9. The topological polar surface area (TPSA) is 37.3 Å². The number of aryl methyl sites for hydroxylation is 2. The number of ketones is 1. The van der Waals surface area contributed by atoms with E-state index in [1.54, 1.807) is 6.07 Å². The number of Topliss-reactive ketones (excluding diaryl/α,β-unsaturated/α-hetero) is 1. The van der Waals surface area contributed by atoms with E-state index in [4.69, 9.17) is 0 Å². The van der Waals surface area contributed by atoms with Gasteiger partial charge in [0.05, 0.1) is 5.56 Å². The number of aromatic hydroxyl groups is 1. The van der Waals surface area contributed by atoms with Crippen molar-refractivity contribution in [2.24, 2.45) is 5.92 Å². The Morgan fingerprint density at radius 1 is 0.966 bits per heavy atom. The monoisotopic (exact) mass is 392 g/mol. The molecule has 0 heterocycles. The van der Waals surface area contributed by atoms with Crippen molar-refractivity contribution >= 4 is 5.78 Å². The molecule has 29 heavy (non-hydrogen) atoms. The first kappa shape index (κ1) is 21.6. The van der Waals surface area contributed by atoms with Gasteiger partial charge in [0.15, 0.2) is 5.78 Å². The number of benzene rings is 2. The maximum absolute atomic E-state index is 11.9. The van der Waals surface area contributed by atoms with E-state index >= 15 is 0 Å². The van der Waals surface area contributed by atoms with Crippen molar-refractivity contribution in [2.75, 3.05) is 0 Å². The number of carbonyl (C=O) groups excluding carboxylic acids is 1. The van der Waals surface area contributed by atoms with Crippen LogP contribution in [0.5, 0.6) is 5.75 Å². The zero-order valence-corrected chi connectivity index (χ0v) is 18.3. The molecule has 156 valence electrons. The van der Waals surface area contributed by atoms with Gasteiger partial charge < -0.3 is 5.11 Å². The highest BCUT2D eigenvalue weighted by Gasteiger charge is 2.21. The average Bonchev–Trinajstić information content (AvgIpc) is 2.75. The Morgan fingerprint density at radius 2 is 1.66 bits per heavy atom. The summed E-state index contributed by atoms with van der Waals surface area (Å²) in [7, 11) is 0. The van der Waals surface area contributed by atoms with E-state index in [1.165, 1.54) is 49.7 Å². The SMILES string of the molecule is CCCC1CCC(c2ccc(CCc3ccc(C(=O)CC)c(O)c3C)cc2)CC1. The summed E-state index contributed by atoms with van der Waals surface area (Å²) in [6.07, 6.45) is 10.4. The van der Waals surface area contributed by atoms with Crippen molar-refractivity contribution in [3.63, 3.8) is 0 Å². The largest absolute Gasteiger partial charge is 0.507 e. The first-order valence-electron chi connectivity index (χ1n) is 11.5. The third-order valence-electron chi connectivity index (χ3n) is 6.84. The summed E-state index contributed by atoms with van der Waals surface area (Å²) in [5, 5.41) is 10.4. The van der Waals surface area contributed by atoms with Crippen LogP contribution in [0.3, 0.4) is 0 Å². The minimum atomic E-state index is -0.00327. The minimum absolute atomic E-state index is 0.00327. The molecule has 0 spiro atoms. The Labute approximate surface area is 176 Å². The summed E-state index contributed by atoms with van der Waals surface area (Å²) >= 11 is 0. The summed E-state index contributed by atoms with van der Waals surface area (Å²) in [5.41, 5.74) is 5.24. The van der Waals surface area contributed by atoms with Gasteiger partial charge in [-0.3, -0.25) is 4.79 Å². The highest BCUT2D eigenvalue weighted by Crippen LogP contribution is 2.37. The third-order valence-corrected chi connectivity index (χ3v) is 6.84. The van der Waals surface area contributed by atoms with Crippen LogP contribution in [-0.2, 0) is 12.8 Å². The van der Waals surface area contributed by atoms with Crippen LogP contribution in [0.4, 0.5) is 0 Å². The number of hydrogen-bond donors (Lipinski definition) is 1. The third kappa shape index (κ3) is 5.29. The average molecular weight is 393 g/mol. The van der Waals surface area contributed by atoms with Crippen molar-refractivity contribution < 1.29 is 9.90 Å². The molecular weight excluding hydrogens is 356 g/mol. The van der Waals surface area contributed by atoms with Crippen molar-refractivity contribution in [2.45, 2.75) is 84.5 Å². The summed E-state index contributed by atoms with van der Waals surface area (Å²) in [6.45, 7) is 6.04. The molecule has 1 aliphatic rings. The van der Waals surface area contributed by atoms with Crippen LogP contribution >= 0.6 is 0 Å². The second kappa shape index (κ2) is 10.1. The molecule has 0 amide bonds. The van der Waals surface area contributed by atoms with Gasteiger partial charge in [0.1, 0.15) is 5.75 Å². The molecule has 0 atom stereocenters. The van der Waals surface area contributed by atoms with Crippen LogP contribution in [-0.4, -0.2) is 10.9 Å². The standard InChI is InChI=1S/C27H36O2/c1-4-6-20-8-13-23(14-9-20)24-15-10-21(11-16-24)7-12-22-17-18-25(26(28)5-2)27(29)19(22)3/h10-11,15-18,20,23,29H,4-9,12-14H2,1-3H3. The van der Waals surface area contributed by atoms with E-state index in [0.29, 0.717) is 12.0 Å². The first-order chi connectivity index (χ1) is 14.0. The molecule has 0 unspecified atom stereocenters. The first-order valence-corrected chi connectivity index (χ1v) is 11.5. The van der Waals surface area contributed by atoms with Crippen LogP contribution in [0, 0.1) is 12.8 Å². The lowest BCUT2D eigenvalue weighted by Crippen LogP contribution is -2.13. The van der Waals surface area contributed by atoms with Gasteiger partial charge in [-0.1, -0.05) is 57.0 Å². The van der Waals surface area contributed by atoms with Gasteiger partial charge in [-0.15, -0.1) is 0 Å². The minimum Gasteiger partial charge on any atom is -0.507 e. The Hall–Kier alpha value is -2.09. The van der Waals surface area contributed by atoms with Gasteiger partial charge in [-0.05, 0) is 85.6 Å². The fourth-order valence-corrected chi connectivity index (χ4v) is 4.86. The van der Waals surface area contributed by atoms with Crippen molar-refractivity contribution in [3.8, 4) is 5.75 Å². The molecule has 3 rings (SSSR count). The zero-order valence-electron chi connectivity index (χ0n) is 18.3. The van der Waals surface area contributed by atoms with Crippen molar-refractivity contribution in [1.82, 2.24) is 0 Å². The van der Waals surface area contributed by atoms with Crippen LogP contribution in [0.15, 0.2) is 36.4 Å². The van der Waals surface area contributed by atoms with E-state index in [9.17, 15) is 9.90 Å². The van der Waals surface area contributed by atoms with E-state index in [2.05, 4.69) is 31.2 Å². The van der Waals surface area contributed by atoms with E-state index in [-0.39, 0.29) is 11.5 Å². The van der Waals surface area contributed by atoms with Crippen molar-refractivity contribution in [3.05, 3.63) is 64.2 Å². The number of hydrogen-bond acceptors (Lipinski definition) is 2. The fourth-order valence-electron chi connectivity index (χ4n) is 4.86. The lowest BCUT2D eigenvalue weighted by Gasteiger charge is -2.28. The molecule has 0 saturated heterocycles. The molecule has 2 aromatic rings. The van der Waals surface area contributed by atoms with Crippen LogP contribution < -0.4 is 0 Å². The van der Waals surface area contributed by atoms with E-state index in [1.807, 2.05) is 19.9 Å². The number of phenolic OH excluding ortho intramolecular Hbond substituents is 1. The second-order valence-corrected chi connectivity index (χ2v) is 8.77. The zero-order chi connectivity index (χ0) is 20.8. The molecule has 0 radical (unpaired) electrons. The summed E-state index contributed by atoms with van der Waals surface area (Å²) in [5.74, 6) is 1.84. The van der Waals surface area contributed by atoms with E-state index < -0.39 is 0 Å². The summed E-state index contributed by atoms with van der Waals surface area (Å²) < 4.78 is 0. The lowest BCUT2D eigenvalue weighted by atomic mass is 9.77. The second-order valence-electron chi connectivity index (χ2n) is 8.77. The van der Waals surface area contributed by atoms with Gasteiger partial charge in [0, 0.05) is 6.42 Å². The summed E-state index contributed by atoms with van der Waals surface area (Å²) in [6, 6.07) is 13.0. The molecule has 1 N–H and O–H groups in total. The smallest absolute Gasteiger partial charge is 0.166 e. The maximum Gasteiger partial charge on any atom is 0.166 e. The number of rotatable bonds is 8. The predicted molar refractivity (Wildman–Crippen MR) is 121 cm³/mol. The maximum atomic E-state index is 11.9. The normalized spacial score (nSPS) is 19.3. The lowest BCUT2D eigenvalue weighted by molar-refractivity contribution is 0.0985. The number of carbonyl (C=O) groups is 1. The van der Waals surface area contributed by atoms with Crippen molar-refractivity contribution in [1.29, 1.82) is 0 Å². The van der Waals surface area contributed by atoms with Crippen LogP contribution in [0.2, 0.25) is 0 Å². The van der Waals surface area contributed by atoms with E-state index in [0.717, 1.165) is 35.8 Å². The van der Waals surface area contributed by atoms with Gasteiger partial charge in [0.2, 0.25) is 0 Å². The molecule has 2 nitrogen and oxygen atoms in total. The highest BCUT2D eigenvalue weighted by atomic mass is 16.3. The van der Waals surface area contributed by atoms with Gasteiger partial charge in [-0.25, -0.2) is 0 Å². The molecule has 1 fully saturated rings. The van der Waals surface area contributed by atoms with Crippen LogP contribution in [0.1, 0.15) is 97.3 Å². The fraction of sp³-hybridized carbons (Fsp3) is 0.519. The van der Waals surface area contributed by atoms with Gasteiger partial charge >= 0.3 is 0 Å². The molecule has 0 aromatic heterocycles. The molecule has 0 aliphatic heterocycles. The Balaban J connectivity index is 1.58. The highest BCUT2D eigenvalue weighted by molar-refractivity contribution is 5.98. The Kier molecular flexibility index (Phi) is 7.52. The predicted octanol–water partition coefficient (Wildman–Crippen LogP) is 7.15. The number of phenols is 1. The molecule has 2 aromatic carbocycles. The van der Waals surface area contributed by atoms with Crippen LogP contribution in [0.25, 0.3) is 0 Å². The molecule has 2 heteroatoms. The Morgan fingerprint density at radius 3 is 2.28 bits per heavy atom. The quantitative estimate of drug-likeness (QED) is 0.484. The molecule has 0 bridgehead atoms.